The first-order chi connectivity index (χ1) is 39.5. The highest BCUT2D eigenvalue weighted by Crippen LogP contribution is 2.18. The number of hydrogen-bond donors (Lipinski definition) is 0. The van der Waals surface area contributed by atoms with Crippen LogP contribution in [0.5, 0.6) is 0 Å². The molecular weight excluding hydrogens is 985 g/mol. The number of ether oxygens (including phenoxy) is 3. The number of esters is 3. The Hall–Kier alpha value is -3.15. The standard InChI is InChI=1S/C74H132O6/c1-4-7-10-13-16-18-20-22-24-26-28-30-31-32-33-34-35-36-37-38-39-40-41-42-43-45-46-48-50-52-54-56-58-61-64-67-73(76)79-70-71(69-78-72(75)66-63-60-15-12-9-6-3)80-74(77)68-65-62-59-57-55-53-51-49-47-44-29-27-25-23-21-19-17-14-11-8-5-2/h7,10,16,18,21-24,27-30,71H,4-6,8-9,11-15,17,19-20,25-26,31-70H2,1-3H3/b10-7-,18-16-,23-21-,24-22-,29-27-,30-28-. The van der Waals surface area contributed by atoms with Crippen LogP contribution in [0.1, 0.15) is 361 Å². The van der Waals surface area contributed by atoms with Gasteiger partial charge in [0.2, 0.25) is 0 Å². The predicted octanol–water partition coefficient (Wildman–Crippen LogP) is 24.1. The summed E-state index contributed by atoms with van der Waals surface area (Å²) in [7, 11) is 0. The molecule has 0 aliphatic rings. The lowest BCUT2D eigenvalue weighted by atomic mass is 10.0. The largest absolute Gasteiger partial charge is 0.462 e. The molecule has 0 aliphatic carbocycles. The van der Waals surface area contributed by atoms with Crippen LogP contribution in [0, 0.1) is 0 Å². The van der Waals surface area contributed by atoms with E-state index in [1.54, 1.807) is 0 Å². The predicted molar refractivity (Wildman–Crippen MR) is 348 cm³/mol. The molecule has 464 valence electrons. The molecular formula is C74H132O6. The van der Waals surface area contributed by atoms with E-state index in [1.807, 2.05) is 0 Å². The highest BCUT2D eigenvalue weighted by molar-refractivity contribution is 5.71. The third-order valence-corrected chi connectivity index (χ3v) is 15.4. The van der Waals surface area contributed by atoms with Gasteiger partial charge in [-0.2, -0.15) is 0 Å². The molecule has 0 radical (unpaired) electrons. The summed E-state index contributed by atoms with van der Waals surface area (Å²) in [6.07, 6.45) is 89.8. The summed E-state index contributed by atoms with van der Waals surface area (Å²) in [4.78, 5) is 38.1. The van der Waals surface area contributed by atoms with E-state index in [0.29, 0.717) is 19.3 Å². The third kappa shape index (κ3) is 65.7. The molecule has 0 aromatic heterocycles. The van der Waals surface area contributed by atoms with Crippen LogP contribution in [-0.2, 0) is 28.6 Å². The fourth-order valence-corrected chi connectivity index (χ4v) is 10.2. The Morgan fingerprint density at radius 1 is 0.263 bits per heavy atom. The first kappa shape index (κ1) is 76.9. The first-order valence-electron chi connectivity index (χ1n) is 34.9. The molecule has 0 aromatic carbocycles. The number of carbonyl (C=O) groups is 3. The summed E-state index contributed by atoms with van der Waals surface area (Å²) >= 11 is 0. The van der Waals surface area contributed by atoms with E-state index >= 15 is 0 Å². The van der Waals surface area contributed by atoms with Gasteiger partial charge in [0.1, 0.15) is 13.2 Å². The van der Waals surface area contributed by atoms with Gasteiger partial charge in [-0.05, 0) is 89.9 Å². The van der Waals surface area contributed by atoms with Gasteiger partial charge in [-0.15, -0.1) is 0 Å². The van der Waals surface area contributed by atoms with Crippen molar-refractivity contribution in [2.45, 2.75) is 367 Å². The third-order valence-electron chi connectivity index (χ3n) is 15.4. The monoisotopic (exact) mass is 1120 g/mol. The second-order valence-corrected chi connectivity index (χ2v) is 23.4. The van der Waals surface area contributed by atoms with Gasteiger partial charge in [-0.25, -0.2) is 0 Å². The molecule has 6 heteroatoms. The SMILES string of the molecule is CC/C=C\C/C=C\C/C=C\C/C=C\CCCCCCCCCCCCCCCCCCCCCCCCC(=O)OCC(COC(=O)CCCCCCCC)OC(=O)CCCCCCCCCCC/C=C\C/C=C\CCCCCCC. The van der Waals surface area contributed by atoms with E-state index in [9.17, 15) is 14.4 Å². The Kier molecular flexibility index (Phi) is 65.7. The first-order valence-corrected chi connectivity index (χ1v) is 34.9. The molecule has 0 saturated carbocycles. The molecule has 0 fully saturated rings. The smallest absolute Gasteiger partial charge is 0.306 e. The molecule has 1 unspecified atom stereocenters. The van der Waals surface area contributed by atoms with Gasteiger partial charge in [-0.1, -0.05) is 325 Å². The van der Waals surface area contributed by atoms with Crippen molar-refractivity contribution in [1.29, 1.82) is 0 Å². The summed E-state index contributed by atoms with van der Waals surface area (Å²) in [5.41, 5.74) is 0. The average molecular weight is 1120 g/mol. The molecule has 0 saturated heterocycles. The van der Waals surface area contributed by atoms with Crippen molar-refractivity contribution in [3.63, 3.8) is 0 Å². The quantitative estimate of drug-likeness (QED) is 0.0261. The molecule has 0 heterocycles. The highest BCUT2D eigenvalue weighted by Gasteiger charge is 2.19. The summed E-state index contributed by atoms with van der Waals surface area (Å²) in [5.74, 6) is -0.867. The van der Waals surface area contributed by atoms with Crippen LogP contribution >= 0.6 is 0 Å². The van der Waals surface area contributed by atoms with Crippen molar-refractivity contribution in [3.8, 4) is 0 Å². The topological polar surface area (TPSA) is 78.9 Å². The Labute approximate surface area is 497 Å². The molecule has 0 aromatic rings. The number of allylic oxidation sites excluding steroid dienone is 12. The summed E-state index contributed by atoms with van der Waals surface area (Å²) in [6.45, 7) is 6.50. The van der Waals surface area contributed by atoms with Crippen molar-refractivity contribution in [2.75, 3.05) is 13.2 Å². The lowest BCUT2D eigenvalue weighted by molar-refractivity contribution is -0.167. The molecule has 6 nitrogen and oxygen atoms in total. The normalized spacial score (nSPS) is 12.5. The van der Waals surface area contributed by atoms with Crippen LogP contribution in [0.3, 0.4) is 0 Å². The van der Waals surface area contributed by atoms with Crippen LogP contribution in [0.4, 0.5) is 0 Å². The van der Waals surface area contributed by atoms with Gasteiger partial charge in [0, 0.05) is 19.3 Å². The van der Waals surface area contributed by atoms with Crippen LogP contribution in [0.15, 0.2) is 72.9 Å². The van der Waals surface area contributed by atoms with Crippen molar-refractivity contribution in [2.24, 2.45) is 0 Å². The highest BCUT2D eigenvalue weighted by atomic mass is 16.6. The van der Waals surface area contributed by atoms with E-state index in [4.69, 9.17) is 14.2 Å². The van der Waals surface area contributed by atoms with Crippen molar-refractivity contribution in [3.05, 3.63) is 72.9 Å². The Bertz CT molecular complexity index is 1470. The molecule has 0 bridgehead atoms. The van der Waals surface area contributed by atoms with Crippen LogP contribution in [-0.4, -0.2) is 37.2 Å². The van der Waals surface area contributed by atoms with Crippen molar-refractivity contribution < 1.29 is 28.6 Å². The molecule has 1 atom stereocenters. The minimum Gasteiger partial charge on any atom is -0.462 e. The molecule has 80 heavy (non-hydrogen) atoms. The molecule has 0 spiro atoms. The number of hydrogen-bond acceptors (Lipinski definition) is 6. The van der Waals surface area contributed by atoms with Gasteiger partial charge < -0.3 is 14.2 Å². The zero-order valence-electron chi connectivity index (χ0n) is 53.3. The Balaban J connectivity index is 3.94. The lowest BCUT2D eigenvalue weighted by Crippen LogP contribution is -2.30. The molecule has 0 aliphatic heterocycles. The van der Waals surface area contributed by atoms with E-state index in [-0.39, 0.29) is 31.1 Å². The number of unbranched alkanes of at least 4 members (excludes halogenated alkanes) is 41. The Morgan fingerprint density at radius 2 is 0.487 bits per heavy atom. The zero-order chi connectivity index (χ0) is 57.8. The average Bonchev–Trinajstić information content (AvgIpc) is 3.46. The molecule has 0 N–H and O–H groups in total. The van der Waals surface area contributed by atoms with E-state index in [1.165, 1.54) is 231 Å². The maximum atomic E-state index is 12.9. The van der Waals surface area contributed by atoms with E-state index in [0.717, 1.165) is 89.9 Å². The fraction of sp³-hybridized carbons (Fsp3) is 0.797. The van der Waals surface area contributed by atoms with Gasteiger partial charge in [-0.3, -0.25) is 14.4 Å². The van der Waals surface area contributed by atoms with Gasteiger partial charge in [0.15, 0.2) is 6.10 Å². The minimum absolute atomic E-state index is 0.0718. The van der Waals surface area contributed by atoms with Gasteiger partial charge >= 0.3 is 17.9 Å². The number of rotatable bonds is 64. The van der Waals surface area contributed by atoms with E-state index in [2.05, 4.69) is 93.7 Å². The maximum Gasteiger partial charge on any atom is 0.306 e. The van der Waals surface area contributed by atoms with Crippen LogP contribution in [0.2, 0.25) is 0 Å². The fourth-order valence-electron chi connectivity index (χ4n) is 10.2. The van der Waals surface area contributed by atoms with Gasteiger partial charge in [0.05, 0.1) is 0 Å². The zero-order valence-corrected chi connectivity index (χ0v) is 53.3. The maximum absolute atomic E-state index is 12.9. The summed E-state index contributed by atoms with van der Waals surface area (Å²) in [5, 5.41) is 0. The second kappa shape index (κ2) is 68.3. The van der Waals surface area contributed by atoms with Gasteiger partial charge in [0.25, 0.3) is 0 Å². The summed E-state index contributed by atoms with van der Waals surface area (Å²) < 4.78 is 16.8. The minimum atomic E-state index is -0.772. The number of carbonyl (C=O) groups excluding carboxylic acids is 3. The van der Waals surface area contributed by atoms with Crippen LogP contribution in [0.25, 0.3) is 0 Å². The molecule has 0 amide bonds. The summed E-state index contributed by atoms with van der Waals surface area (Å²) in [6, 6.07) is 0. The second-order valence-electron chi connectivity index (χ2n) is 23.4. The molecule has 0 rings (SSSR count). The lowest BCUT2D eigenvalue weighted by Gasteiger charge is -2.18. The van der Waals surface area contributed by atoms with Crippen molar-refractivity contribution in [1.82, 2.24) is 0 Å². The Morgan fingerprint density at radius 3 is 0.762 bits per heavy atom. The van der Waals surface area contributed by atoms with Crippen molar-refractivity contribution >= 4 is 17.9 Å². The van der Waals surface area contributed by atoms with Crippen LogP contribution < -0.4 is 0 Å². The van der Waals surface area contributed by atoms with E-state index < -0.39 is 6.10 Å².